The van der Waals surface area contributed by atoms with Crippen molar-refractivity contribution in [2.45, 2.75) is 65.6 Å². The van der Waals surface area contributed by atoms with Crippen LogP contribution in [0.5, 0.6) is 0 Å². The van der Waals surface area contributed by atoms with Crippen molar-refractivity contribution in [1.29, 1.82) is 0 Å². The molecule has 2 aromatic rings. The summed E-state index contributed by atoms with van der Waals surface area (Å²) in [6, 6.07) is 11.4. The van der Waals surface area contributed by atoms with Gasteiger partial charge in [-0.25, -0.2) is 8.42 Å². The van der Waals surface area contributed by atoms with Crippen LogP contribution in [0.3, 0.4) is 0 Å². The molecule has 7 nitrogen and oxygen atoms in total. The van der Waals surface area contributed by atoms with Gasteiger partial charge < -0.3 is 10.2 Å². The van der Waals surface area contributed by atoms with Gasteiger partial charge in [0.05, 0.1) is 11.9 Å². The summed E-state index contributed by atoms with van der Waals surface area (Å²) in [5.41, 5.74) is 2.08. The number of hydrogen-bond donors (Lipinski definition) is 1. The first-order valence-electron chi connectivity index (χ1n) is 11.9. The molecule has 2 atom stereocenters. The van der Waals surface area contributed by atoms with Gasteiger partial charge in [0.25, 0.3) is 0 Å². The van der Waals surface area contributed by atoms with Gasteiger partial charge in [0.1, 0.15) is 6.04 Å². The molecule has 0 saturated heterocycles. The quantitative estimate of drug-likeness (QED) is 0.391. The number of carbonyl (C=O) groups is 2. The maximum absolute atomic E-state index is 13.3. The van der Waals surface area contributed by atoms with Crippen LogP contribution >= 0.6 is 23.2 Å². The standard InChI is InChI=1S/C26H35Cl2N3O4S/c1-6-19(3)29-26(33)20(4)30(17-21-10-13-22(27)14-11-21)25(32)8-7-15-31(36(5,34)35)24-16-23(28)12-9-18(24)2/h9-14,16,19-20H,6-8,15,17H2,1-5H3,(H,29,33)/t19-,20-/m0/s1. The molecule has 36 heavy (non-hydrogen) atoms. The predicted molar refractivity (Wildman–Crippen MR) is 147 cm³/mol. The summed E-state index contributed by atoms with van der Waals surface area (Å²) < 4.78 is 26.3. The Morgan fingerprint density at radius 3 is 2.22 bits per heavy atom. The molecule has 10 heteroatoms. The number of aryl methyl sites for hydroxylation is 1. The average molecular weight is 557 g/mol. The highest BCUT2D eigenvalue weighted by Gasteiger charge is 2.27. The molecule has 0 fully saturated rings. The Labute approximate surface area is 224 Å². The van der Waals surface area contributed by atoms with Gasteiger partial charge in [-0.2, -0.15) is 0 Å². The van der Waals surface area contributed by atoms with Gasteiger partial charge in [-0.15, -0.1) is 0 Å². The van der Waals surface area contributed by atoms with E-state index in [2.05, 4.69) is 5.32 Å². The number of halogens is 2. The first-order chi connectivity index (χ1) is 16.8. The molecular formula is C26H35Cl2N3O4S. The zero-order valence-corrected chi connectivity index (χ0v) is 23.8. The Kier molecular flexibility index (Phi) is 11.1. The van der Waals surface area contributed by atoms with Gasteiger partial charge in [0, 0.05) is 35.6 Å². The third-order valence-electron chi connectivity index (χ3n) is 6.03. The molecule has 0 spiro atoms. The van der Waals surface area contributed by atoms with E-state index in [9.17, 15) is 18.0 Å². The lowest BCUT2D eigenvalue weighted by molar-refractivity contribution is -0.140. The van der Waals surface area contributed by atoms with E-state index in [1.165, 1.54) is 9.21 Å². The highest BCUT2D eigenvalue weighted by Crippen LogP contribution is 2.27. The summed E-state index contributed by atoms with van der Waals surface area (Å²) >= 11 is 12.1. The minimum Gasteiger partial charge on any atom is -0.352 e. The second-order valence-corrected chi connectivity index (χ2v) is 11.8. The largest absolute Gasteiger partial charge is 0.352 e. The lowest BCUT2D eigenvalue weighted by atomic mass is 10.1. The van der Waals surface area contributed by atoms with Crippen molar-refractivity contribution < 1.29 is 18.0 Å². The van der Waals surface area contributed by atoms with Crippen LogP contribution in [-0.2, 0) is 26.2 Å². The Morgan fingerprint density at radius 2 is 1.64 bits per heavy atom. The third kappa shape index (κ3) is 8.68. The van der Waals surface area contributed by atoms with Crippen molar-refractivity contribution in [1.82, 2.24) is 10.2 Å². The molecule has 0 aliphatic heterocycles. The molecular weight excluding hydrogens is 521 g/mol. The van der Waals surface area contributed by atoms with E-state index in [-0.39, 0.29) is 43.8 Å². The zero-order valence-electron chi connectivity index (χ0n) is 21.4. The first-order valence-corrected chi connectivity index (χ1v) is 14.5. The van der Waals surface area contributed by atoms with Gasteiger partial charge in [-0.05, 0) is 69.0 Å². The van der Waals surface area contributed by atoms with Crippen LogP contribution in [-0.4, -0.2) is 50.0 Å². The number of benzene rings is 2. The topological polar surface area (TPSA) is 86.8 Å². The number of carbonyl (C=O) groups excluding carboxylic acids is 2. The second kappa shape index (κ2) is 13.3. The van der Waals surface area contributed by atoms with E-state index in [4.69, 9.17) is 23.2 Å². The van der Waals surface area contributed by atoms with Crippen molar-refractivity contribution in [2.24, 2.45) is 0 Å². The van der Waals surface area contributed by atoms with E-state index >= 15 is 0 Å². The average Bonchev–Trinajstić information content (AvgIpc) is 2.81. The number of sulfonamides is 1. The maximum atomic E-state index is 13.3. The fraction of sp³-hybridized carbons (Fsp3) is 0.462. The summed E-state index contributed by atoms with van der Waals surface area (Å²) in [5, 5.41) is 3.94. The van der Waals surface area contributed by atoms with E-state index in [1.807, 2.05) is 26.0 Å². The Balaban J connectivity index is 2.20. The number of hydrogen-bond acceptors (Lipinski definition) is 4. The lowest BCUT2D eigenvalue weighted by Gasteiger charge is -2.30. The van der Waals surface area contributed by atoms with E-state index < -0.39 is 16.1 Å². The van der Waals surface area contributed by atoms with Gasteiger partial charge in [0.15, 0.2) is 0 Å². The highest BCUT2D eigenvalue weighted by atomic mass is 35.5. The van der Waals surface area contributed by atoms with Gasteiger partial charge >= 0.3 is 0 Å². The fourth-order valence-corrected chi connectivity index (χ4v) is 4.98. The Hall–Kier alpha value is -2.29. The summed E-state index contributed by atoms with van der Waals surface area (Å²) in [6.45, 7) is 7.72. The number of amides is 2. The van der Waals surface area contributed by atoms with Crippen molar-refractivity contribution in [3.63, 3.8) is 0 Å². The molecule has 0 unspecified atom stereocenters. The van der Waals surface area contributed by atoms with Crippen LogP contribution in [0.2, 0.25) is 10.0 Å². The van der Waals surface area contributed by atoms with Gasteiger partial charge in [-0.1, -0.05) is 48.3 Å². The van der Waals surface area contributed by atoms with Crippen molar-refractivity contribution in [3.05, 3.63) is 63.6 Å². The van der Waals surface area contributed by atoms with E-state index in [1.54, 1.807) is 44.2 Å². The summed E-state index contributed by atoms with van der Waals surface area (Å²) in [6.07, 6.45) is 2.24. The van der Waals surface area contributed by atoms with Crippen LogP contribution in [0.25, 0.3) is 0 Å². The molecule has 0 aliphatic carbocycles. The molecule has 0 heterocycles. The Morgan fingerprint density at radius 1 is 1.03 bits per heavy atom. The monoisotopic (exact) mass is 555 g/mol. The minimum atomic E-state index is -3.60. The molecule has 0 bridgehead atoms. The predicted octanol–water partition coefficient (Wildman–Crippen LogP) is 5.18. The van der Waals surface area contributed by atoms with E-state index in [0.29, 0.717) is 15.7 Å². The Bertz CT molecular complexity index is 1160. The van der Waals surface area contributed by atoms with Crippen molar-refractivity contribution >= 4 is 50.7 Å². The molecule has 0 aromatic heterocycles. The van der Waals surface area contributed by atoms with Crippen LogP contribution in [0.15, 0.2) is 42.5 Å². The van der Waals surface area contributed by atoms with E-state index in [0.717, 1.165) is 23.8 Å². The summed E-state index contributed by atoms with van der Waals surface area (Å²) in [7, 11) is -3.60. The molecule has 198 valence electrons. The second-order valence-electron chi connectivity index (χ2n) is 9.01. The maximum Gasteiger partial charge on any atom is 0.242 e. The van der Waals surface area contributed by atoms with Crippen LogP contribution < -0.4 is 9.62 Å². The fourth-order valence-electron chi connectivity index (χ4n) is 3.67. The molecule has 0 saturated carbocycles. The molecule has 0 aliphatic rings. The lowest BCUT2D eigenvalue weighted by Crippen LogP contribution is -2.49. The molecule has 0 radical (unpaired) electrons. The molecule has 2 aromatic carbocycles. The van der Waals surface area contributed by atoms with Crippen molar-refractivity contribution in [3.8, 4) is 0 Å². The zero-order chi connectivity index (χ0) is 27.0. The summed E-state index contributed by atoms with van der Waals surface area (Å²) in [5.74, 6) is -0.480. The van der Waals surface area contributed by atoms with Gasteiger partial charge in [-0.3, -0.25) is 13.9 Å². The third-order valence-corrected chi connectivity index (χ3v) is 7.69. The molecule has 2 amide bonds. The van der Waals surface area contributed by atoms with Gasteiger partial charge in [0.2, 0.25) is 21.8 Å². The van der Waals surface area contributed by atoms with Crippen LogP contribution in [0.4, 0.5) is 5.69 Å². The normalized spacial score (nSPS) is 13.1. The SMILES string of the molecule is CC[C@H](C)NC(=O)[C@H](C)N(Cc1ccc(Cl)cc1)C(=O)CCCN(c1cc(Cl)ccc1C)S(C)(=O)=O. The number of rotatable bonds is 12. The molecule has 2 rings (SSSR count). The summed E-state index contributed by atoms with van der Waals surface area (Å²) in [4.78, 5) is 27.7. The van der Waals surface area contributed by atoms with Crippen LogP contribution in [0.1, 0.15) is 51.2 Å². The number of anilines is 1. The number of nitrogens with zero attached hydrogens (tertiary/aromatic N) is 2. The minimum absolute atomic E-state index is 0.0170. The van der Waals surface area contributed by atoms with Crippen molar-refractivity contribution in [2.75, 3.05) is 17.1 Å². The number of nitrogens with one attached hydrogen (secondary N) is 1. The highest BCUT2D eigenvalue weighted by molar-refractivity contribution is 7.92. The van der Waals surface area contributed by atoms with Crippen LogP contribution in [0, 0.1) is 6.92 Å². The molecule has 1 N–H and O–H groups in total. The first kappa shape index (κ1) is 29.9. The smallest absolute Gasteiger partial charge is 0.242 e.